The van der Waals surface area contributed by atoms with Gasteiger partial charge in [0.15, 0.2) is 0 Å². The molecule has 0 aliphatic rings. The molecule has 96 valence electrons. The second kappa shape index (κ2) is 5.91. The molecule has 0 saturated carbocycles. The summed E-state index contributed by atoms with van der Waals surface area (Å²) in [6, 6.07) is 6.85. The zero-order chi connectivity index (χ0) is 13.1. The van der Waals surface area contributed by atoms with E-state index in [9.17, 15) is 0 Å². The van der Waals surface area contributed by atoms with Gasteiger partial charge >= 0.3 is 0 Å². The third-order valence-electron chi connectivity index (χ3n) is 3.41. The fourth-order valence-electron chi connectivity index (χ4n) is 2.21. The molecule has 1 aromatic rings. The summed E-state index contributed by atoms with van der Waals surface area (Å²) in [6.07, 6.45) is 2.37. The topological polar surface area (TPSA) is 0 Å². The number of benzene rings is 1. The van der Waals surface area contributed by atoms with Gasteiger partial charge in [-0.1, -0.05) is 52.3 Å². The van der Waals surface area contributed by atoms with Crippen molar-refractivity contribution in [3.8, 4) is 0 Å². The smallest absolute Gasteiger partial charge is 0.0292 e. The van der Waals surface area contributed by atoms with E-state index in [0.717, 1.165) is 5.88 Å². The largest absolute Gasteiger partial charge is 0.126 e. The first-order valence-electron chi connectivity index (χ1n) is 6.57. The first-order valence-corrected chi connectivity index (χ1v) is 7.10. The summed E-state index contributed by atoms with van der Waals surface area (Å²) in [7, 11) is 0. The molecule has 1 aromatic carbocycles. The molecule has 0 bridgehead atoms. The second-order valence-electron chi connectivity index (χ2n) is 5.96. The molecule has 0 amide bonds. The Hall–Kier alpha value is -0.490. The van der Waals surface area contributed by atoms with Crippen LogP contribution in [0.25, 0.3) is 0 Å². The summed E-state index contributed by atoms with van der Waals surface area (Å²) >= 11 is 6.12. The first kappa shape index (κ1) is 14.6. The summed E-state index contributed by atoms with van der Waals surface area (Å²) in [5.41, 5.74) is 4.43. The Morgan fingerprint density at radius 1 is 1.24 bits per heavy atom. The van der Waals surface area contributed by atoms with Gasteiger partial charge < -0.3 is 0 Å². The number of alkyl halides is 1. The monoisotopic (exact) mass is 252 g/mol. The maximum Gasteiger partial charge on any atom is 0.0292 e. The minimum atomic E-state index is 0.214. The molecule has 0 saturated heterocycles. The molecule has 1 rings (SSSR count). The summed E-state index contributed by atoms with van der Waals surface area (Å²) in [5, 5.41) is 0. The second-order valence-corrected chi connectivity index (χ2v) is 6.27. The summed E-state index contributed by atoms with van der Waals surface area (Å²) in [5.74, 6) is 1.23. The summed E-state index contributed by atoms with van der Waals surface area (Å²) in [6.45, 7) is 11.2. The normalized spacial score (nSPS) is 13.8. The fraction of sp³-hybridized carbons (Fsp3) is 0.625. The Morgan fingerprint density at radius 2 is 1.88 bits per heavy atom. The van der Waals surface area contributed by atoms with Gasteiger partial charge in [-0.05, 0) is 41.4 Å². The lowest BCUT2D eigenvalue weighted by Gasteiger charge is -2.23. The Balaban J connectivity index is 3.13. The van der Waals surface area contributed by atoms with E-state index in [-0.39, 0.29) is 5.41 Å². The predicted octanol–water partition coefficient (Wildman–Crippen LogP) is 5.42. The fourth-order valence-corrected chi connectivity index (χ4v) is 2.53. The van der Waals surface area contributed by atoms with Crippen molar-refractivity contribution in [1.29, 1.82) is 0 Å². The average molecular weight is 253 g/mol. The van der Waals surface area contributed by atoms with Crippen LogP contribution in [0.15, 0.2) is 18.2 Å². The van der Waals surface area contributed by atoms with Gasteiger partial charge in [0, 0.05) is 5.88 Å². The van der Waals surface area contributed by atoms with E-state index in [1.807, 2.05) is 0 Å². The number of halogens is 1. The molecule has 1 atom stereocenters. The molecule has 0 nitrogen and oxygen atoms in total. The number of aryl methyl sites for hydroxylation is 1. The van der Waals surface area contributed by atoms with Crippen LogP contribution < -0.4 is 0 Å². The van der Waals surface area contributed by atoms with Gasteiger partial charge in [-0.3, -0.25) is 0 Å². The molecule has 17 heavy (non-hydrogen) atoms. The maximum absolute atomic E-state index is 6.12. The molecule has 0 fully saturated rings. The van der Waals surface area contributed by atoms with Gasteiger partial charge in [0.05, 0.1) is 0 Å². The van der Waals surface area contributed by atoms with Crippen molar-refractivity contribution in [2.24, 2.45) is 0 Å². The van der Waals surface area contributed by atoms with Crippen molar-refractivity contribution in [1.82, 2.24) is 0 Å². The average Bonchev–Trinajstić information content (AvgIpc) is 2.25. The van der Waals surface area contributed by atoms with E-state index >= 15 is 0 Å². The number of hydrogen-bond acceptors (Lipinski definition) is 0. The highest BCUT2D eigenvalue weighted by molar-refractivity contribution is 6.18. The summed E-state index contributed by atoms with van der Waals surface area (Å²) in [4.78, 5) is 0. The van der Waals surface area contributed by atoms with Crippen LogP contribution in [0.5, 0.6) is 0 Å². The van der Waals surface area contributed by atoms with Crippen molar-refractivity contribution in [2.75, 3.05) is 5.88 Å². The predicted molar refractivity (Wildman–Crippen MR) is 78.2 cm³/mol. The van der Waals surface area contributed by atoms with E-state index in [1.165, 1.54) is 29.5 Å². The van der Waals surface area contributed by atoms with Crippen molar-refractivity contribution >= 4 is 11.6 Å². The molecule has 0 aliphatic heterocycles. The highest BCUT2D eigenvalue weighted by atomic mass is 35.5. The van der Waals surface area contributed by atoms with Gasteiger partial charge in [0.2, 0.25) is 0 Å². The Kier molecular flexibility index (Phi) is 5.06. The zero-order valence-corrected chi connectivity index (χ0v) is 12.6. The minimum absolute atomic E-state index is 0.214. The number of hydrogen-bond donors (Lipinski definition) is 0. The van der Waals surface area contributed by atoms with E-state index in [0.29, 0.717) is 5.92 Å². The maximum atomic E-state index is 6.12. The Bertz CT molecular complexity index is 360. The van der Waals surface area contributed by atoms with Crippen LogP contribution in [0.3, 0.4) is 0 Å². The molecule has 0 aromatic heterocycles. The highest BCUT2D eigenvalue weighted by Crippen LogP contribution is 2.30. The van der Waals surface area contributed by atoms with Crippen molar-refractivity contribution in [2.45, 2.75) is 58.8 Å². The molecule has 0 radical (unpaired) electrons. The van der Waals surface area contributed by atoms with E-state index < -0.39 is 0 Å². The van der Waals surface area contributed by atoms with Crippen LogP contribution in [-0.4, -0.2) is 5.88 Å². The molecular formula is C16H25Cl. The zero-order valence-electron chi connectivity index (χ0n) is 11.8. The lowest BCUT2D eigenvalue weighted by Crippen LogP contribution is -2.13. The number of rotatable bonds is 4. The van der Waals surface area contributed by atoms with Gasteiger partial charge in [-0.25, -0.2) is 0 Å². The molecule has 0 aliphatic carbocycles. The van der Waals surface area contributed by atoms with Crippen LogP contribution in [0.2, 0.25) is 0 Å². The van der Waals surface area contributed by atoms with Crippen molar-refractivity contribution < 1.29 is 0 Å². The SMILES string of the molecule is CCCC(CCl)c1cc(C(C)(C)C)ccc1C. The van der Waals surface area contributed by atoms with Crippen molar-refractivity contribution in [3.63, 3.8) is 0 Å². The van der Waals surface area contributed by atoms with Gasteiger partial charge in [-0.2, -0.15) is 0 Å². The standard InChI is InChI=1S/C16H25Cl/c1-6-7-13(11-17)15-10-14(16(3,4)5)9-8-12(15)2/h8-10,13H,6-7,11H2,1-5H3. The lowest BCUT2D eigenvalue weighted by atomic mass is 9.82. The van der Waals surface area contributed by atoms with Crippen molar-refractivity contribution in [3.05, 3.63) is 34.9 Å². The van der Waals surface area contributed by atoms with Crippen LogP contribution in [0, 0.1) is 6.92 Å². The lowest BCUT2D eigenvalue weighted by molar-refractivity contribution is 0.585. The van der Waals surface area contributed by atoms with Crippen LogP contribution in [-0.2, 0) is 5.41 Å². The third kappa shape index (κ3) is 3.74. The third-order valence-corrected chi connectivity index (χ3v) is 3.78. The van der Waals surface area contributed by atoms with Gasteiger partial charge in [0.25, 0.3) is 0 Å². The highest BCUT2D eigenvalue weighted by Gasteiger charge is 2.18. The molecule has 1 unspecified atom stereocenters. The summed E-state index contributed by atoms with van der Waals surface area (Å²) < 4.78 is 0. The molecule has 0 N–H and O–H groups in total. The van der Waals surface area contributed by atoms with Gasteiger partial charge in [0.1, 0.15) is 0 Å². The minimum Gasteiger partial charge on any atom is -0.126 e. The van der Waals surface area contributed by atoms with Crippen LogP contribution in [0.4, 0.5) is 0 Å². The van der Waals surface area contributed by atoms with Crippen LogP contribution in [0.1, 0.15) is 63.1 Å². The van der Waals surface area contributed by atoms with E-state index in [2.05, 4.69) is 52.8 Å². The molecular weight excluding hydrogens is 228 g/mol. The van der Waals surface area contributed by atoms with E-state index in [1.54, 1.807) is 0 Å². The van der Waals surface area contributed by atoms with Gasteiger partial charge in [-0.15, -0.1) is 11.6 Å². The Morgan fingerprint density at radius 3 is 2.35 bits per heavy atom. The van der Waals surface area contributed by atoms with Crippen LogP contribution >= 0.6 is 11.6 Å². The molecule has 0 spiro atoms. The molecule has 1 heteroatoms. The Labute approximate surface area is 111 Å². The van der Waals surface area contributed by atoms with E-state index in [4.69, 9.17) is 11.6 Å². The first-order chi connectivity index (χ1) is 7.90. The quantitative estimate of drug-likeness (QED) is 0.628. The molecule has 0 heterocycles.